The molecule has 1 amide bonds. The lowest BCUT2D eigenvalue weighted by Gasteiger charge is -2.14. The van der Waals surface area contributed by atoms with Gasteiger partial charge in [-0.25, -0.2) is 0 Å². The average molecular weight is 315 g/mol. The third kappa shape index (κ3) is 4.29. The van der Waals surface area contributed by atoms with Gasteiger partial charge < -0.3 is 10.3 Å². The van der Waals surface area contributed by atoms with Gasteiger partial charge in [0.05, 0.1) is 0 Å². The number of halogens is 1. The molecule has 1 heterocycles. The van der Waals surface area contributed by atoms with Gasteiger partial charge in [-0.05, 0) is 19.3 Å². The van der Waals surface area contributed by atoms with E-state index < -0.39 is 0 Å². The van der Waals surface area contributed by atoms with Crippen LogP contribution in [0.15, 0.2) is 17.1 Å². The van der Waals surface area contributed by atoms with Crippen LogP contribution >= 0.6 is 15.9 Å². The monoisotopic (exact) mass is 314 g/mol. The highest BCUT2D eigenvalue weighted by atomic mass is 79.9. The summed E-state index contributed by atoms with van der Waals surface area (Å²) in [6.45, 7) is 4.48. The summed E-state index contributed by atoms with van der Waals surface area (Å²) in [6.07, 6.45) is 3.50. The number of aromatic amines is 1. The summed E-state index contributed by atoms with van der Waals surface area (Å²) in [6, 6.07) is 1.44. The Hall–Kier alpha value is -1.10. The summed E-state index contributed by atoms with van der Waals surface area (Å²) < 4.78 is 0. The van der Waals surface area contributed by atoms with Crippen molar-refractivity contribution in [1.29, 1.82) is 0 Å². The number of amides is 1. The molecule has 0 aromatic carbocycles. The first kappa shape index (κ1) is 15.0. The molecule has 0 radical (unpaired) electrons. The topological polar surface area (TPSA) is 62.0 Å². The number of hydrogen-bond donors (Lipinski definition) is 2. The van der Waals surface area contributed by atoms with Crippen molar-refractivity contribution < 1.29 is 4.79 Å². The van der Waals surface area contributed by atoms with Gasteiger partial charge in [-0.15, -0.1) is 0 Å². The molecule has 4 nitrogen and oxygen atoms in total. The number of aryl methyl sites for hydroxylation is 1. The first-order valence-electron chi connectivity index (χ1n) is 6.12. The van der Waals surface area contributed by atoms with Crippen molar-refractivity contribution in [1.82, 2.24) is 10.3 Å². The van der Waals surface area contributed by atoms with Crippen LogP contribution < -0.4 is 10.7 Å². The lowest BCUT2D eigenvalue weighted by molar-refractivity contribution is 0.0945. The molecular weight excluding hydrogens is 296 g/mol. The van der Waals surface area contributed by atoms with Crippen molar-refractivity contribution >= 4 is 21.8 Å². The number of nitrogens with one attached hydrogen (secondary N) is 2. The van der Waals surface area contributed by atoms with Gasteiger partial charge in [-0.1, -0.05) is 29.3 Å². The van der Waals surface area contributed by atoms with E-state index in [2.05, 4.69) is 33.2 Å². The van der Waals surface area contributed by atoms with Gasteiger partial charge in [0, 0.05) is 29.8 Å². The molecule has 1 aromatic rings. The standard InChI is InChI=1S/C13H19BrN2O2/c1-3-10(4-5-14)7-16-13(18)11-8-15-9(2)6-12(11)17/h6,8,10H,3-5,7H2,1-2H3,(H,15,17)(H,16,18). The fourth-order valence-corrected chi connectivity index (χ4v) is 2.34. The molecule has 1 atom stereocenters. The molecule has 1 unspecified atom stereocenters. The summed E-state index contributed by atoms with van der Waals surface area (Å²) in [7, 11) is 0. The van der Waals surface area contributed by atoms with E-state index in [-0.39, 0.29) is 16.9 Å². The van der Waals surface area contributed by atoms with E-state index in [0.717, 1.165) is 23.9 Å². The third-order valence-electron chi connectivity index (χ3n) is 2.95. The Labute approximate surface area is 115 Å². The fraction of sp³-hybridized carbons (Fsp3) is 0.538. The second kappa shape index (κ2) is 7.36. The van der Waals surface area contributed by atoms with Crippen LogP contribution in [0.3, 0.4) is 0 Å². The van der Waals surface area contributed by atoms with Gasteiger partial charge in [0.15, 0.2) is 5.43 Å². The molecule has 1 aromatic heterocycles. The lowest BCUT2D eigenvalue weighted by atomic mass is 10.0. The molecule has 100 valence electrons. The van der Waals surface area contributed by atoms with Crippen LogP contribution in [0.25, 0.3) is 0 Å². The van der Waals surface area contributed by atoms with Gasteiger partial charge in [0.1, 0.15) is 5.56 Å². The lowest BCUT2D eigenvalue weighted by Crippen LogP contribution is -2.32. The van der Waals surface area contributed by atoms with Crippen LogP contribution in [0.4, 0.5) is 0 Å². The summed E-state index contributed by atoms with van der Waals surface area (Å²) >= 11 is 3.39. The summed E-state index contributed by atoms with van der Waals surface area (Å²) in [5, 5.41) is 3.74. The SMILES string of the molecule is CCC(CCBr)CNC(=O)c1c[nH]c(C)cc1=O. The molecule has 5 heteroatoms. The van der Waals surface area contributed by atoms with Gasteiger partial charge in [-0.2, -0.15) is 0 Å². The molecule has 0 aliphatic carbocycles. The molecular formula is C13H19BrN2O2. The highest BCUT2D eigenvalue weighted by Gasteiger charge is 2.12. The second-order valence-electron chi connectivity index (χ2n) is 4.36. The van der Waals surface area contributed by atoms with Gasteiger partial charge in [0.25, 0.3) is 5.91 Å². The van der Waals surface area contributed by atoms with E-state index >= 15 is 0 Å². The Morgan fingerprint density at radius 3 is 2.83 bits per heavy atom. The quantitative estimate of drug-likeness (QED) is 0.791. The minimum atomic E-state index is -0.302. The Balaban J connectivity index is 2.62. The van der Waals surface area contributed by atoms with Crippen LogP contribution in [0.5, 0.6) is 0 Å². The van der Waals surface area contributed by atoms with Crippen molar-refractivity contribution in [2.75, 3.05) is 11.9 Å². The summed E-state index contributed by atoms with van der Waals surface area (Å²) in [5.74, 6) is 0.141. The maximum Gasteiger partial charge on any atom is 0.256 e. The van der Waals surface area contributed by atoms with Crippen LogP contribution in [-0.2, 0) is 0 Å². The molecule has 0 spiro atoms. The second-order valence-corrected chi connectivity index (χ2v) is 5.15. The van der Waals surface area contributed by atoms with E-state index in [1.165, 1.54) is 12.3 Å². The third-order valence-corrected chi connectivity index (χ3v) is 3.41. The first-order valence-corrected chi connectivity index (χ1v) is 7.24. The Morgan fingerprint density at radius 1 is 1.56 bits per heavy atom. The van der Waals surface area contributed by atoms with Crippen molar-refractivity contribution in [3.63, 3.8) is 0 Å². The molecule has 1 rings (SSSR count). The maximum atomic E-state index is 11.9. The average Bonchev–Trinajstić information content (AvgIpc) is 2.34. The summed E-state index contributed by atoms with van der Waals surface area (Å²) in [5.41, 5.74) is 0.689. The van der Waals surface area contributed by atoms with Gasteiger partial charge >= 0.3 is 0 Å². The van der Waals surface area contributed by atoms with Gasteiger partial charge in [-0.3, -0.25) is 9.59 Å². The Kier molecular flexibility index (Phi) is 6.12. The van der Waals surface area contributed by atoms with Crippen LogP contribution in [-0.4, -0.2) is 22.8 Å². The molecule has 0 bridgehead atoms. The van der Waals surface area contributed by atoms with E-state index in [1.807, 2.05) is 0 Å². The Bertz CT molecular complexity index is 457. The molecule has 2 N–H and O–H groups in total. The zero-order chi connectivity index (χ0) is 13.5. The molecule has 0 saturated carbocycles. The number of aromatic nitrogens is 1. The number of alkyl halides is 1. The van der Waals surface area contributed by atoms with E-state index in [0.29, 0.717) is 12.5 Å². The Morgan fingerprint density at radius 2 is 2.28 bits per heavy atom. The number of carbonyl (C=O) groups excluding carboxylic acids is 1. The molecule has 18 heavy (non-hydrogen) atoms. The number of pyridine rings is 1. The highest BCUT2D eigenvalue weighted by Crippen LogP contribution is 2.08. The number of H-pyrrole nitrogens is 1. The van der Waals surface area contributed by atoms with E-state index in [9.17, 15) is 9.59 Å². The van der Waals surface area contributed by atoms with Crippen LogP contribution in [0.2, 0.25) is 0 Å². The molecule has 0 saturated heterocycles. The molecule has 0 fully saturated rings. The van der Waals surface area contributed by atoms with Crippen molar-refractivity contribution in [3.05, 3.63) is 33.7 Å². The predicted molar refractivity (Wildman–Crippen MR) is 76.3 cm³/mol. The minimum Gasteiger partial charge on any atom is -0.364 e. The normalized spacial score (nSPS) is 12.2. The first-order chi connectivity index (χ1) is 8.58. The van der Waals surface area contributed by atoms with Crippen LogP contribution in [0, 0.1) is 12.8 Å². The predicted octanol–water partition coefficient (Wildman–Crippen LogP) is 2.22. The van der Waals surface area contributed by atoms with Crippen molar-refractivity contribution in [3.8, 4) is 0 Å². The number of hydrogen-bond acceptors (Lipinski definition) is 2. The van der Waals surface area contributed by atoms with Crippen molar-refractivity contribution in [2.24, 2.45) is 5.92 Å². The highest BCUT2D eigenvalue weighted by molar-refractivity contribution is 9.09. The van der Waals surface area contributed by atoms with Gasteiger partial charge in [0.2, 0.25) is 0 Å². The number of carbonyl (C=O) groups is 1. The largest absolute Gasteiger partial charge is 0.364 e. The van der Waals surface area contributed by atoms with Crippen LogP contribution in [0.1, 0.15) is 35.8 Å². The molecule has 0 aliphatic rings. The number of rotatable bonds is 6. The van der Waals surface area contributed by atoms with E-state index in [1.54, 1.807) is 6.92 Å². The smallest absolute Gasteiger partial charge is 0.256 e. The molecule has 0 aliphatic heterocycles. The van der Waals surface area contributed by atoms with Crippen molar-refractivity contribution in [2.45, 2.75) is 26.7 Å². The van der Waals surface area contributed by atoms with E-state index in [4.69, 9.17) is 0 Å². The minimum absolute atomic E-state index is 0.175. The maximum absolute atomic E-state index is 11.9. The fourth-order valence-electron chi connectivity index (χ4n) is 1.69. The summed E-state index contributed by atoms with van der Waals surface area (Å²) in [4.78, 5) is 26.4. The zero-order valence-electron chi connectivity index (χ0n) is 10.8. The zero-order valence-corrected chi connectivity index (χ0v) is 12.3.